The van der Waals surface area contributed by atoms with Crippen LogP contribution in [-0.4, -0.2) is 115 Å². The first-order valence-corrected chi connectivity index (χ1v) is 15.3. The lowest BCUT2D eigenvalue weighted by atomic mass is 9.78. The molecule has 0 unspecified atom stereocenters. The number of aromatic nitrogens is 4. The number of hydrogen-bond donors (Lipinski definition) is 4. The van der Waals surface area contributed by atoms with Crippen molar-refractivity contribution in [2.75, 3.05) is 32.7 Å². The Kier molecular flexibility index (Phi) is 7.53. The van der Waals surface area contributed by atoms with Crippen molar-refractivity contribution in [2.24, 2.45) is 17.3 Å². The van der Waals surface area contributed by atoms with Gasteiger partial charge in [0.1, 0.15) is 18.6 Å². The van der Waals surface area contributed by atoms with Crippen molar-refractivity contribution in [1.29, 1.82) is 0 Å². The lowest BCUT2D eigenvalue weighted by Gasteiger charge is -2.47. The molecule has 0 aromatic carbocycles. The van der Waals surface area contributed by atoms with E-state index in [4.69, 9.17) is 0 Å². The van der Waals surface area contributed by atoms with Crippen molar-refractivity contribution < 1.29 is 24.3 Å². The first-order chi connectivity index (χ1) is 19.7. The standard InChI is InChI=1S/C26H37N9O5S/c1-14-20-19(15(2)30-18(36)11-34-13-29-31-32-34)24(38)35(20)21(25(39)40)22(14)41-16-9-17(28-10-16)23(37)33-8-5-26(12-33)3-6-27-7-4-26/h13-17,19-20,27-28H,3-12H2,1-2H3,(H,30,36)(H,39,40)/t14-,15-,16+,17+,19-,20-/m1/s1. The summed E-state index contributed by atoms with van der Waals surface area (Å²) in [5.74, 6) is -2.37. The minimum atomic E-state index is -1.13. The van der Waals surface area contributed by atoms with E-state index in [0.29, 0.717) is 17.9 Å². The molecule has 6 rings (SSSR count). The van der Waals surface area contributed by atoms with Crippen LogP contribution in [0.5, 0.6) is 0 Å². The summed E-state index contributed by atoms with van der Waals surface area (Å²) < 4.78 is 1.29. The Balaban J connectivity index is 1.08. The summed E-state index contributed by atoms with van der Waals surface area (Å²) in [6, 6.07) is -1.12. The number of thioether (sulfide) groups is 1. The third-order valence-electron chi connectivity index (χ3n) is 9.51. The molecular weight excluding hydrogens is 550 g/mol. The van der Waals surface area contributed by atoms with Crippen LogP contribution in [0.1, 0.15) is 39.5 Å². The molecule has 3 amide bonds. The van der Waals surface area contributed by atoms with Gasteiger partial charge < -0.3 is 30.9 Å². The SMILES string of the molecule is C[C@@H](NC(=O)Cn1cnnn1)[C@H]1C(=O)N2C(C(=O)O)=C(S[C@@H]3CN[C@H](C(=O)N4CCC5(CCNCC5)C4)C3)[C@H](C)[C@H]12. The Hall–Kier alpha value is -3.04. The normalized spacial score (nSPS) is 31.4. The van der Waals surface area contributed by atoms with Crippen LogP contribution in [-0.2, 0) is 25.7 Å². The fourth-order valence-corrected chi connectivity index (χ4v) is 8.83. The fraction of sp³-hybridized carbons (Fsp3) is 0.731. The number of carboxylic acids is 1. The van der Waals surface area contributed by atoms with Gasteiger partial charge in [0.25, 0.3) is 0 Å². The van der Waals surface area contributed by atoms with Gasteiger partial charge in [0.15, 0.2) is 0 Å². The number of carboxylic acid groups (broad SMARTS) is 1. The van der Waals surface area contributed by atoms with E-state index < -0.39 is 17.9 Å². The summed E-state index contributed by atoms with van der Waals surface area (Å²) in [6.45, 7) is 7.86. The second kappa shape index (κ2) is 11.0. The number of nitrogens with one attached hydrogen (secondary N) is 3. The van der Waals surface area contributed by atoms with Gasteiger partial charge in [0.2, 0.25) is 17.7 Å². The molecule has 0 bridgehead atoms. The molecule has 0 saturated carbocycles. The molecule has 5 aliphatic heterocycles. The molecule has 222 valence electrons. The summed E-state index contributed by atoms with van der Waals surface area (Å²) in [5, 5.41) is 30.5. The van der Waals surface area contributed by atoms with Crippen LogP contribution in [0.4, 0.5) is 0 Å². The Labute approximate surface area is 242 Å². The summed E-state index contributed by atoms with van der Waals surface area (Å²) in [7, 11) is 0. The Morgan fingerprint density at radius 3 is 2.76 bits per heavy atom. The third kappa shape index (κ3) is 5.12. The number of likely N-dealkylation sites (tertiary alicyclic amines) is 1. The van der Waals surface area contributed by atoms with Gasteiger partial charge in [-0.15, -0.1) is 16.9 Å². The van der Waals surface area contributed by atoms with Crippen molar-refractivity contribution in [1.82, 2.24) is 46.0 Å². The van der Waals surface area contributed by atoms with Crippen LogP contribution < -0.4 is 16.0 Å². The number of amides is 3. The van der Waals surface area contributed by atoms with E-state index in [1.165, 1.54) is 27.7 Å². The number of β-lactam (4-membered cyclic amide) rings is 1. The van der Waals surface area contributed by atoms with Gasteiger partial charge in [-0.25, -0.2) is 9.48 Å². The summed E-state index contributed by atoms with van der Waals surface area (Å²) >= 11 is 1.48. The topological polar surface area (TPSA) is 175 Å². The highest BCUT2D eigenvalue weighted by Gasteiger charge is 2.60. The van der Waals surface area contributed by atoms with Crippen molar-refractivity contribution in [2.45, 2.75) is 69.5 Å². The molecule has 4 saturated heterocycles. The highest BCUT2D eigenvalue weighted by atomic mass is 32.2. The molecule has 1 spiro atoms. The van der Waals surface area contributed by atoms with Crippen LogP contribution in [0.3, 0.4) is 0 Å². The van der Waals surface area contributed by atoms with Gasteiger partial charge in [0.05, 0.1) is 18.0 Å². The van der Waals surface area contributed by atoms with Crippen molar-refractivity contribution in [3.63, 3.8) is 0 Å². The monoisotopic (exact) mass is 587 g/mol. The lowest BCUT2D eigenvalue weighted by Crippen LogP contribution is -2.66. The zero-order chi connectivity index (χ0) is 28.9. The molecule has 5 aliphatic rings. The van der Waals surface area contributed by atoms with Gasteiger partial charge >= 0.3 is 5.97 Å². The number of carbonyl (C=O) groups excluding carboxylic acids is 3. The number of hydrogen-bond acceptors (Lipinski definition) is 10. The number of piperidine rings is 1. The Morgan fingerprint density at radius 2 is 2.05 bits per heavy atom. The van der Waals surface area contributed by atoms with E-state index in [9.17, 15) is 24.3 Å². The van der Waals surface area contributed by atoms with E-state index in [0.717, 1.165) is 45.4 Å². The Bertz CT molecular complexity index is 1250. The molecule has 15 heteroatoms. The smallest absolute Gasteiger partial charge is 0.353 e. The first-order valence-electron chi connectivity index (χ1n) is 14.4. The second-order valence-electron chi connectivity index (χ2n) is 12.1. The number of nitrogens with zero attached hydrogens (tertiary/aromatic N) is 6. The van der Waals surface area contributed by atoms with Gasteiger partial charge in [-0.05, 0) is 61.5 Å². The minimum absolute atomic E-state index is 0.0202. The quantitative estimate of drug-likeness (QED) is 0.275. The van der Waals surface area contributed by atoms with E-state index in [1.54, 1.807) is 6.92 Å². The minimum Gasteiger partial charge on any atom is -0.477 e. The maximum absolute atomic E-state index is 13.4. The zero-order valence-corrected chi connectivity index (χ0v) is 24.1. The molecule has 4 fully saturated rings. The average Bonchev–Trinajstić information content (AvgIpc) is 3.73. The summed E-state index contributed by atoms with van der Waals surface area (Å²) in [6.07, 6.45) is 5.22. The maximum Gasteiger partial charge on any atom is 0.353 e. The molecule has 6 atom stereocenters. The van der Waals surface area contributed by atoms with Crippen LogP contribution in [0, 0.1) is 17.3 Å². The molecule has 41 heavy (non-hydrogen) atoms. The van der Waals surface area contributed by atoms with E-state index in [-0.39, 0.29) is 58.6 Å². The first kappa shape index (κ1) is 28.1. The number of rotatable bonds is 8. The van der Waals surface area contributed by atoms with E-state index >= 15 is 0 Å². The number of fused-ring (bicyclic) bond motifs is 1. The number of tetrazole rings is 1. The summed E-state index contributed by atoms with van der Waals surface area (Å²) in [4.78, 5) is 55.5. The predicted octanol–water partition coefficient (Wildman–Crippen LogP) is -0.983. The highest BCUT2D eigenvalue weighted by molar-refractivity contribution is 8.03. The fourth-order valence-electron chi connectivity index (χ4n) is 7.36. The lowest BCUT2D eigenvalue weighted by molar-refractivity contribution is -0.158. The molecule has 4 N–H and O–H groups in total. The second-order valence-corrected chi connectivity index (χ2v) is 13.4. The number of aliphatic carboxylic acids is 1. The maximum atomic E-state index is 13.4. The molecule has 1 aromatic rings. The molecule has 6 heterocycles. The van der Waals surface area contributed by atoms with Gasteiger partial charge in [-0.1, -0.05) is 6.92 Å². The van der Waals surface area contributed by atoms with Gasteiger partial charge in [-0.3, -0.25) is 14.4 Å². The number of carbonyl (C=O) groups is 4. The van der Waals surface area contributed by atoms with Crippen LogP contribution in [0.2, 0.25) is 0 Å². The average molecular weight is 588 g/mol. The third-order valence-corrected chi connectivity index (χ3v) is 11.0. The zero-order valence-electron chi connectivity index (χ0n) is 23.3. The Morgan fingerprint density at radius 1 is 1.27 bits per heavy atom. The molecule has 0 radical (unpaired) electrons. The van der Waals surface area contributed by atoms with Gasteiger partial charge in [0, 0.05) is 41.7 Å². The molecular formula is C26H37N9O5S. The van der Waals surface area contributed by atoms with Crippen LogP contribution in [0.25, 0.3) is 0 Å². The van der Waals surface area contributed by atoms with Crippen molar-refractivity contribution in [3.8, 4) is 0 Å². The van der Waals surface area contributed by atoms with E-state index in [1.807, 2.05) is 11.8 Å². The largest absolute Gasteiger partial charge is 0.477 e. The predicted molar refractivity (Wildman–Crippen MR) is 147 cm³/mol. The molecule has 1 aromatic heterocycles. The van der Waals surface area contributed by atoms with Crippen molar-refractivity contribution >= 4 is 35.5 Å². The van der Waals surface area contributed by atoms with Crippen LogP contribution >= 0.6 is 11.8 Å². The van der Waals surface area contributed by atoms with Crippen LogP contribution in [0.15, 0.2) is 16.9 Å². The van der Waals surface area contributed by atoms with Gasteiger partial charge in [-0.2, -0.15) is 0 Å². The highest BCUT2D eigenvalue weighted by Crippen LogP contribution is 2.52. The molecule has 0 aliphatic carbocycles. The summed E-state index contributed by atoms with van der Waals surface area (Å²) in [5.41, 5.74) is 0.276. The van der Waals surface area contributed by atoms with E-state index in [2.05, 4.69) is 31.5 Å². The molecule has 14 nitrogen and oxygen atoms in total. The van der Waals surface area contributed by atoms with Crippen molar-refractivity contribution in [3.05, 3.63) is 16.9 Å².